The molecule has 2 aliphatic rings. The molecule has 0 saturated heterocycles. The Morgan fingerprint density at radius 3 is 2.04 bits per heavy atom. The van der Waals surface area contributed by atoms with E-state index in [0.717, 1.165) is 57.8 Å². The van der Waals surface area contributed by atoms with E-state index >= 15 is 0 Å². The number of esters is 2. The van der Waals surface area contributed by atoms with Gasteiger partial charge in [0.1, 0.15) is 6.10 Å². The van der Waals surface area contributed by atoms with E-state index in [0.29, 0.717) is 6.61 Å². The third-order valence-electron chi connectivity index (χ3n) is 5.45. The Morgan fingerprint density at radius 2 is 1.42 bits per heavy atom. The minimum atomic E-state index is -0.286. The minimum absolute atomic E-state index is 0.0965. The summed E-state index contributed by atoms with van der Waals surface area (Å²) in [5.74, 6) is -0.914. The van der Waals surface area contributed by atoms with Crippen molar-refractivity contribution in [3.8, 4) is 0 Å². The Hall–Kier alpha value is -1.06. The zero-order chi connectivity index (χ0) is 17.2. The van der Waals surface area contributed by atoms with Crippen molar-refractivity contribution in [3.63, 3.8) is 0 Å². The molecular weight excluding hydrogens is 304 g/mol. The molecule has 0 aromatic rings. The van der Waals surface area contributed by atoms with E-state index in [1.165, 1.54) is 25.7 Å². The first-order chi connectivity index (χ1) is 11.7. The van der Waals surface area contributed by atoms with Crippen molar-refractivity contribution in [1.82, 2.24) is 0 Å². The number of ether oxygens (including phenoxy) is 2. The summed E-state index contributed by atoms with van der Waals surface area (Å²) in [5, 5.41) is 0. The van der Waals surface area contributed by atoms with Crippen molar-refractivity contribution in [3.05, 3.63) is 0 Å². The second-order valence-electron chi connectivity index (χ2n) is 7.42. The maximum absolute atomic E-state index is 12.4. The predicted molar refractivity (Wildman–Crippen MR) is 93.5 cm³/mol. The van der Waals surface area contributed by atoms with E-state index in [2.05, 4.69) is 6.92 Å². The average Bonchev–Trinajstić information content (AvgIpc) is 2.57. The van der Waals surface area contributed by atoms with Gasteiger partial charge in [0.05, 0.1) is 18.4 Å². The summed E-state index contributed by atoms with van der Waals surface area (Å²) in [5.41, 5.74) is 0. The molecule has 0 bridgehead atoms. The SMILES string of the molecule is CCCCCCCCOC(=O)C1CCCCC1C(=O)OC1CCC1. The van der Waals surface area contributed by atoms with Crippen LogP contribution in [0.15, 0.2) is 0 Å². The van der Waals surface area contributed by atoms with Crippen LogP contribution in [0.5, 0.6) is 0 Å². The van der Waals surface area contributed by atoms with Crippen molar-refractivity contribution >= 4 is 11.9 Å². The fraction of sp³-hybridized carbons (Fsp3) is 0.900. The van der Waals surface area contributed by atoms with Crippen LogP contribution in [0, 0.1) is 11.8 Å². The van der Waals surface area contributed by atoms with Crippen LogP contribution in [0.3, 0.4) is 0 Å². The second-order valence-corrected chi connectivity index (χ2v) is 7.42. The van der Waals surface area contributed by atoms with Crippen LogP contribution < -0.4 is 0 Å². The molecule has 0 heterocycles. The molecule has 2 atom stereocenters. The highest BCUT2D eigenvalue weighted by Gasteiger charge is 2.39. The highest BCUT2D eigenvalue weighted by atomic mass is 16.5. The van der Waals surface area contributed by atoms with Crippen LogP contribution >= 0.6 is 0 Å². The van der Waals surface area contributed by atoms with Gasteiger partial charge in [-0.05, 0) is 38.5 Å². The summed E-state index contributed by atoms with van der Waals surface area (Å²) >= 11 is 0. The largest absolute Gasteiger partial charge is 0.465 e. The van der Waals surface area contributed by atoms with Gasteiger partial charge in [-0.1, -0.05) is 51.9 Å². The average molecular weight is 338 g/mol. The van der Waals surface area contributed by atoms with Gasteiger partial charge in [0, 0.05) is 0 Å². The molecular formula is C20H34O4. The maximum atomic E-state index is 12.4. The van der Waals surface area contributed by atoms with Gasteiger partial charge < -0.3 is 9.47 Å². The smallest absolute Gasteiger partial charge is 0.310 e. The molecule has 4 heteroatoms. The van der Waals surface area contributed by atoms with Crippen LogP contribution in [-0.4, -0.2) is 24.6 Å². The van der Waals surface area contributed by atoms with Crippen LogP contribution in [0.2, 0.25) is 0 Å². The van der Waals surface area contributed by atoms with Crippen LogP contribution in [-0.2, 0) is 19.1 Å². The normalized spacial score (nSPS) is 24.2. The number of hydrogen-bond acceptors (Lipinski definition) is 4. The zero-order valence-corrected chi connectivity index (χ0v) is 15.3. The number of rotatable bonds is 10. The van der Waals surface area contributed by atoms with Crippen molar-refractivity contribution in [1.29, 1.82) is 0 Å². The lowest BCUT2D eigenvalue weighted by molar-refractivity contribution is -0.168. The summed E-state index contributed by atoms with van der Waals surface area (Å²) in [6, 6.07) is 0. The maximum Gasteiger partial charge on any atom is 0.310 e. The molecule has 2 aliphatic carbocycles. The third kappa shape index (κ3) is 6.10. The van der Waals surface area contributed by atoms with Gasteiger partial charge in [0.15, 0.2) is 0 Å². The number of hydrogen-bond donors (Lipinski definition) is 0. The molecule has 4 nitrogen and oxygen atoms in total. The van der Waals surface area contributed by atoms with E-state index in [1.807, 2.05) is 0 Å². The predicted octanol–water partition coefficient (Wildman–Crippen LogP) is 4.79. The third-order valence-corrected chi connectivity index (χ3v) is 5.45. The highest BCUT2D eigenvalue weighted by molar-refractivity contribution is 5.82. The number of carbonyl (C=O) groups is 2. The van der Waals surface area contributed by atoms with E-state index in [-0.39, 0.29) is 29.9 Å². The first kappa shape index (κ1) is 19.3. The fourth-order valence-corrected chi connectivity index (χ4v) is 3.60. The van der Waals surface area contributed by atoms with E-state index in [1.54, 1.807) is 0 Å². The molecule has 2 unspecified atom stereocenters. The van der Waals surface area contributed by atoms with Gasteiger partial charge in [-0.2, -0.15) is 0 Å². The molecule has 0 amide bonds. The molecule has 2 fully saturated rings. The van der Waals surface area contributed by atoms with Crippen molar-refractivity contribution in [2.45, 2.75) is 96.5 Å². The lowest BCUT2D eigenvalue weighted by Crippen LogP contribution is -2.37. The molecule has 0 N–H and O–H groups in total. The summed E-state index contributed by atoms with van der Waals surface area (Å²) in [6.45, 7) is 2.70. The first-order valence-corrected chi connectivity index (χ1v) is 10.1. The Kier molecular flexibility index (Phi) is 8.62. The van der Waals surface area contributed by atoms with Gasteiger partial charge in [-0.15, -0.1) is 0 Å². The van der Waals surface area contributed by atoms with Crippen LogP contribution in [0.25, 0.3) is 0 Å². The Morgan fingerprint density at radius 1 is 0.792 bits per heavy atom. The standard InChI is InChI=1S/C20H34O4/c1-2-3-4-5-6-9-15-23-19(21)17-13-7-8-14-18(17)20(22)24-16-11-10-12-16/h16-18H,2-15H2,1H3. The fourth-order valence-electron chi connectivity index (χ4n) is 3.60. The van der Waals surface area contributed by atoms with Gasteiger partial charge in [-0.3, -0.25) is 9.59 Å². The molecule has 0 radical (unpaired) electrons. The Bertz CT molecular complexity index is 389. The van der Waals surface area contributed by atoms with Gasteiger partial charge in [0.2, 0.25) is 0 Å². The van der Waals surface area contributed by atoms with Gasteiger partial charge in [-0.25, -0.2) is 0 Å². The monoisotopic (exact) mass is 338 g/mol. The van der Waals surface area contributed by atoms with Crippen molar-refractivity contribution in [2.24, 2.45) is 11.8 Å². The summed E-state index contributed by atoms with van der Waals surface area (Å²) in [7, 11) is 0. The Balaban J connectivity index is 1.68. The quantitative estimate of drug-likeness (QED) is 0.424. The Labute approximate surface area is 146 Å². The van der Waals surface area contributed by atoms with Crippen LogP contribution in [0.4, 0.5) is 0 Å². The number of carbonyl (C=O) groups excluding carboxylic acids is 2. The van der Waals surface area contributed by atoms with Gasteiger partial charge >= 0.3 is 11.9 Å². The van der Waals surface area contributed by atoms with E-state index in [9.17, 15) is 9.59 Å². The van der Waals surface area contributed by atoms with Gasteiger partial charge in [0.25, 0.3) is 0 Å². The molecule has 138 valence electrons. The molecule has 0 spiro atoms. The van der Waals surface area contributed by atoms with E-state index in [4.69, 9.17) is 9.47 Å². The summed E-state index contributed by atoms with van der Waals surface area (Å²) in [6.07, 6.45) is 13.8. The molecule has 2 rings (SSSR count). The van der Waals surface area contributed by atoms with Crippen molar-refractivity contribution in [2.75, 3.05) is 6.61 Å². The second kappa shape index (κ2) is 10.7. The number of unbranched alkanes of at least 4 members (excludes halogenated alkanes) is 5. The molecule has 24 heavy (non-hydrogen) atoms. The summed E-state index contributed by atoms with van der Waals surface area (Å²) in [4.78, 5) is 24.8. The molecule has 2 saturated carbocycles. The van der Waals surface area contributed by atoms with Crippen LogP contribution in [0.1, 0.15) is 90.4 Å². The molecule has 0 aliphatic heterocycles. The molecule has 0 aromatic heterocycles. The minimum Gasteiger partial charge on any atom is -0.465 e. The topological polar surface area (TPSA) is 52.6 Å². The zero-order valence-electron chi connectivity index (χ0n) is 15.3. The summed E-state index contributed by atoms with van der Waals surface area (Å²) < 4.78 is 11.0. The first-order valence-electron chi connectivity index (χ1n) is 10.1. The lowest BCUT2D eigenvalue weighted by Gasteiger charge is -2.32. The van der Waals surface area contributed by atoms with E-state index < -0.39 is 0 Å². The molecule has 0 aromatic carbocycles. The lowest BCUT2D eigenvalue weighted by atomic mass is 9.79. The highest BCUT2D eigenvalue weighted by Crippen LogP contribution is 2.33. The van der Waals surface area contributed by atoms with Crippen molar-refractivity contribution < 1.29 is 19.1 Å².